The molecule has 0 aliphatic carbocycles. The molecule has 152 valence electrons. The molecule has 0 saturated carbocycles. The zero-order valence-corrected chi connectivity index (χ0v) is 17.3. The normalized spacial score (nSPS) is 15.9. The second-order valence-corrected chi connectivity index (χ2v) is 9.08. The SMILES string of the molecule is CS(=O)(=O)C1(C(=O)NCc2ccc(Oc3ccccc3)cc2)CCNCC1.Cl. The van der Waals surface area contributed by atoms with Gasteiger partial charge in [-0.2, -0.15) is 0 Å². The minimum Gasteiger partial charge on any atom is -0.457 e. The van der Waals surface area contributed by atoms with Crippen molar-refractivity contribution in [3.05, 3.63) is 60.2 Å². The van der Waals surface area contributed by atoms with Gasteiger partial charge in [0.05, 0.1) is 0 Å². The first-order chi connectivity index (χ1) is 12.9. The van der Waals surface area contributed by atoms with Gasteiger partial charge in [-0.05, 0) is 55.8 Å². The molecule has 3 rings (SSSR count). The van der Waals surface area contributed by atoms with E-state index in [1.165, 1.54) is 0 Å². The molecule has 1 aliphatic heterocycles. The van der Waals surface area contributed by atoms with Gasteiger partial charge < -0.3 is 15.4 Å². The van der Waals surface area contributed by atoms with E-state index in [9.17, 15) is 13.2 Å². The number of carbonyl (C=O) groups is 1. The van der Waals surface area contributed by atoms with Crippen LogP contribution in [-0.2, 0) is 21.2 Å². The summed E-state index contributed by atoms with van der Waals surface area (Å²) in [6.45, 7) is 1.31. The molecule has 0 spiro atoms. The van der Waals surface area contributed by atoms with Gasteiger partial charge in [0, 0.05) is 12.8 Å². The summed E-state index contributed by atoms with van der Waals surface area (Å²) in [6, 6.07) is 16.8. The maximum Gasteiger partial charge on any atom is 0.241 e. The third-order valence-corrected chi connectivity index (χ3v) is 6.90. The predicted octanol–water partition coefficient (Wildman–Crippen LogP) is 2.68. The van der Waals surface area contributed by atoms with Gasteiger partial charge >= 0.3 is 0 Å². The summed E-state index contributed by atoms with van der Waals surface area (Å²) in [5, 5.41) is 5.91. The lowest BCUT2D eigenvalue weighted by Gasteiger charge is -2.34. The van der Waals surface area contributed by atoms with Crippen LogP contribution >= 0.6 is 12.4 Å². The van der Waals surface area contributed by atoms with Gasteiger partial charge in [-0.25, -0.2) is 8.42 Å². The molecule has 2 aromatic rings. The number of amides is 1. The van der Waals surface area contributed by atoms with Crippen LogP contribution in [0.3, 0.4) is 0 Å². The number of ether oxygens (including phenoxy) is 1. The monoisotopic (exact) mass is 424 g/mol. The first-order valence-electron chi connectivity index (χ1n) is 8.91. The molecule has 28 heavy (non-hydrogen) atoms. The number of hydrogen-bond donors (Lipinski definition) is 2. The Hall–Kier alpha value is -2.09. The van der Waals surface area contributed by atoms with E-state index >= 15 is 0 Å². The molecular formula is C20H25ClN2O4S. The van der Waals surface area contributed by atoms with E-state index in [1.807, 2.05) is 54.6 Å². The Balaban J connectivity index is 0.00000280. The maximum atomic E-state index is 12.7. The standard InChI is InChI=1S/C20H24N2O4S.ClH/c1-27(24,25)20(11-13-21-14-12-20)19(23)22-15-16-7-9-18(10-8-16)26-17-5-3-2-4-6-17;/h2-10,21H,11-15H2,1H3,(H,22,23);1H. The quantitative estimate of drug-likeness (QED) is 0.744. The highest BCUT2D eigenvalue weighted by Crippen LogP contribution is 2.28. The minimum atomic E-state index is -3.50. The third kappa shape index (κ3) is 5.04. The van der Waals surface area contributed by atoms with Crippen molar-refractivity contribution < 1.29 is 17.9 Å². The summed E-state index contributed by atoms with van der Waals surface area (Å²) in [5.41, 5.74) is 0.876. The molecule has 2 N–H and O–H groups in total. The average molecular weight is 425 g/mol. The van der Waals surface area contributed by atoms with Crippen molar-refractivity contribution in [3.8, 4) is 11.5 Å². The van der Waals surface area contributed by atoms with Crippen LogP contribution < -0.4 is 15.4 Å². The summed E-state index contributed by atoms with van der Waals surface area (Å²) in [6.07, 6.45) is 1.73. The van der Waals surface area contributed by atoms with Gasteiger partial charge in [0.2, 0.25) is 5.91 Å². The number of rotatable bonds is 6. The molecule has 0 atom stereocenters. The molecule has 0 aromatic heterocycles. The Kier molecular flexibility index (Phi) is 7.46. The van der Waals surface area contributed by atoms with Crippen LogP contribution in [-0.4, -0.2) is 38.4 Å². The number of nitrogens with one attached hydrogen (secondary N) is 2. The van der Waals surface area contributed by atoms with E-state index in [-0.39, 0.29) is 19.0 Å². The average Bonchev–Trinajstić information content (AvgIpc) is 2.68. The number of piperidine rings is 1. The fourth-order valence-electron chi connectivity index (χ4n) is 3.24. The first kappa shape index (κ1) is 22.2. The van der Waals surface area contributed by atoms with Crippen molar-refractivity contribution in [1.29, 1.82) is 0 Å². The van der Waals surface area contributed by atoms with Crippen molar-refractivity contribution in [2.75, 3.05) is 19.3 Å². The number of para-hydroxylation sites is 1. The summed E-state index contributed by atoms with van der Waals surface area (Å²) in [7, 11) is -3.50. The van der Waals surface area contributed by atoms with Crippen LogP contribution in [0.2, 0.25) is 0 Å². The van der Waals surface area contributed by atoms with Crippen LogP contribution in [0.25, 0.3) is 0 Å². The summed E-state index contributed by atoms with van der Waals surface area (Å²) < 4.78 is 29.0. The first-order valence-corrected chi connectivity index (χ1v) is 10.8. The van der Waals surface area contributed by atoms with Crippen LogP contribution in [0.4, 0.5) is 0 Å². The highest BCUT2D eigenvalue weighted by atomic mass is 35.5. The van der Waals surface area contributed by atoms with E-state index in [4.69, 9.17) is 4.74 Å². The Bertz CT molecular complexity index is 880. The van der Waals surface area contributed by atoms with Gasteiger partial charge in [0.15, 0.2) is 14.6 Å². The van der Waals surface area contributed by atoms with Crippen LogP contribution in [0.15, 0.2) is 54.6 Å². The zero-order valence-electron chi connectivity index (χ0n) is 15.7. The lowest BCUT2D eigenvalue weighted by Crippen LogP contribution is -2.57. The highest BCUT2D eigenvalue weighted by molar-refractivity contribution is 7.92. The van der Waals surface area contributed by atoms with E-state index in [1.54, 1.807) is 0 Å². The van der Waals surface area contributed by atoms with Crippen molar-refractivity contribution in [2.45, 2.75) is 24.1 Å². The van der Waals surface area contributed by atoms with E-state index in [0.717, 1.165) is 17.6 Å². The smallest absolute Gasteiger partial charge is 0.241 e. The van der Waals surface area contributed by atoms with Gasteiger partial charge in [-0.1, -0.05) is 30.3 Å². The summed E-state index contributed by atoms with van der Waals surface area (Å²) in [5.74, 6) is 1.03. The Morgan fingerprint density at radius 1 is 1.04 bits per heavy atom. The molecule has 1 saturated heterocycles. The molecule has 0 unspecified atom stereocenters. The second kappa shape index (κ2) is 9.41. The molecule has 0 bridgehead atoms. The number of halogens is 1. The molecule has 2 aromatic carbocycles. The predicted molar refractivity (Wildman–Crippen MR) is 112 cm³/mol. The lowest BCUT2D eigenvalue weighted by molar-refractivity contribution is -0.124. The molecule has 1 heterocycles. The molecule has 8 heteroatoms. The van der Waals surface area contributed by atoms with Gasteiger partial charge in [0.25, 0.3) is 0 Å². The lowest BCUT2D eigenvalue weighted by atomic mass is 9.95. The third-order valence-electron chi connectivity index (χ3n) is 4.89. The van der Waals surface area contributed by atoms with Crippen LogP contribution in [0, 0.1) is 0 Å². The van der Waals surface area contributed by atoms with E-state index < -0.39 is 20.5 Å². The Morgan fingerprint density at radius 3 is 2.18 bits per heavy atom. The molecule has 1 fully saturated rings. The summed E-state index contributed by atoms with van der Waals surface area (Å²) in [4.78, 5) is 12.7. The van der Waals surface area contributed by atoms with Crippen molar-refractivity contribution in [1.82, 2.24) is 10.6 Å². The van der Waals surface area contributed by atoms with Gasteiger partial charge in [0.1, 0.15) is 11.5 Å². The molecule has 1 amide bonds. The van der Waals surface area contributed by atoms with Crippen LogP contribution in [0.5, 0.6) is 11.5 Å². The second-order valence-electron chi connectivity index (χ2n) is 6.76. The minimum absolute atomic E-state index is 0. The molecular weight excluding hydrogens is 400 g/mol. The number of sulfone groups is 1. The topological polar surface area (TPSA) is 84.5 Å². The van der Waals surface area contributed by atoms with Crippen molar-refractivity contribution >= 4 is 28.2 Å². The number of carbonyl (C=O) groups excluding carboxylic acids is 1. The van der Waals surface area contributed by atoms with Crippen molar-refractivity contribution in [3.63, 3.8) is 0 Å². The Morgan fingerprint density at radius 2 is 1.61 bits per heavy atom. The fourth-order valence-corrected chi connectivity index (χ4v) is 4.59. The summed E-state index contributed by atoms with van der Waals surface area (Å²) >= 11 is 0. The largest absolute Gasteiger partial charge is 0.457 e. The van der Waals surface area contributed by atoms with Gasteiger partial charge in [-0.3, -0.25) is 4.79 Å². The Labute approximate surface area is 172 Å². The molecule has 0 radical (unpaired) electrons. The van der Waals surface area contributed by atoms with E-state index in [0.29, 0.717) is 31.7 Å². The molecule has 1 aliphatic rings. The number of hydrogen-bond acceptors (Lipinski definition) is 5. The molecule has 6 nitrogen and oxygen atoms in total. The zero-order chi connectivity index (χ0) is 19.3. The van der Waals surface area contributed by atoms with Crippen LogP contribution in [0.1, 0.15) is 18.4 Å². The van der Waals surface area contributed by atoms with Crippen molar-refractivity contribution in [2.24, 2.45) is 0 Å². The van der Waals surface area contributed by atoms with E-state index in [2.05, 4.69) is 10.6 Å². The fraction of sp³-hybridized carbons (Fsp3) is 0.350. The maximum absolute atomic E-state index is 12.7. The highest BCUT2D eigenvalue weighted by Gasteiger charge is 2.48. The number of benzene rings is 2. The van der Waals surface area contributed by atoms with Gasteiger partial charge in [-0.15, -0.1) is 12.4 Å².